The van der Waals surface area contributed by atoms with Crippen molar-refractivity contribution in [3.05, 3.63) is 35.9 Å². The van der Waals surface area contributed by atoms with Crippen molar-refractivity contribution in [1.82, 2.24) is 0 Å². The van der Waals surface area contributed by atoms with Gasteiger partial charge in [0.05, 0.1) is 6.61 Å². The van der Waals surface area contributed by atoms with E-state index in [1.807, 2.05) is 30.3 Å². The summed E-state index contributed by atoms with van der Waals surface area (Å²) >= 11 is 0. The molecule has 1 aromatic carbocycles. The standard InChI is InChI=1S/C20H28O4/c1-2-3-10-15-23-19(22)18(24-16-21)20(13-8-5-9-14-20)17-11-6-4-7-12-17/h4,6-7,11-12,16,18H,2-3,5,8-10,13-15H2,1H3. The van der Waals surface area contributed by atoms with Crippen LogP contribution in [0.1, 0.15) is 63.9 Å². The molecule has 1 aromatic rings. The number of carbonyl (C=O) groups excluding carboxylic acids is 2. The van der Waals surface area contributed by atoms with Crippen LogP contribution >= 0.6 is 0 Å². The fourth-order valence-corrected chi connectivity index (χ4v) is 3.72. The van der Waals surface area contributed by atoms with Crippen molar-refractivity contribution in [1.29, 1.82) is 0 Å². The summed E-state index contributed by atoms with van der Waals surface area (Å²) in [6.07, 6.45) is 6.93. The van der Waals surface area contributed by atoms with Gasteiger partial charge in [0.15, 0.2) is 0 Å². The van der Waals surface area contributed by atoms with E-state index in [1.165, 1.54) is 0 Å². The normalized spacial score (nSPS) is 17.7. The minimum absolute atomic E-state index is 0.385. The Morgan fingerprint density at radius 2 is 1.88 bits per heavy atom. The maximum atomic E-state index is 12.7. The number of esters is 1. The largest absolute Gasteiger partial charge is 0.463 e. The fourth-order valence-electron chi connectivity index (χ4n) is 3.72. The van der Waals surface area contributed by atoms with Crippen LogP contribution in [0.5, 0.6) is 0 Å². The molecule has 132 valence electrons. The highest BCUT2D eigenvalue weighted by Gasteiger charge is 2.47. The van der Waals surface area contributed by atoms with Gasteiger partial charge in [0, 0.05) is 5.41 Å². The zero-order chi connectivity index (χ0) is 17.3. The summed E-state index contributed by atoms with van der Waals surface area (Å²) < 4.78 is 10.7. The van der Waals surface area contributed by atoms with E-state index in [-0.39, 0.29) is 0 Å². The molecular weight excluding hydrogens is 304 g/mol. The first-order valence-corrected chi connectivity index (χ1v) is 9.06. The van der Waals surface area contributed by atoms with E-state index in [4.69, 9.17) is 9.47 Å². The molecule has 0 aromatic heterocycles. The monoisotopic (exact) mass is 332 g/mol. The Kier molecular flexibility index (Phi) is 7.29. The molecule has 0 spiro atoms. The van der Waals surface area contributed by atoms with Crippen LogP contribution in [0, 0.1) is 0 Å². The highest BCUT2D eigenvalue weighted by molar-refractivity contribution is 5.78. The molecule has 1 saturated carbocycles. The first-order chi connectivity index (χ1) is 11.7. The molecule has 0 aliphatic heterocycles. The highest BCUT2D eigenvalue weighted by atomic mass is 16.6. The van der Waals surface area contributed by atoms with Crippen molar-refractivity contribution in [2.75, 3.05) is 6.61 Å². The molecule has 1 atom stereocenters. The van der Waals surface area contributed by atoms with E-state index >= 15 is 0 Å². The van der Waals surface area contributed by atoms with Crippen LogP contribution in [-0.4, -0.2) is 25.2 Å². The van der Waals surface area contributed by atoms with Crippen LogP contribution in [-0.2, 0) is 24.5 Å². The third-order valence-corrected chi connectivity index (χ3v) is 4.99. The predicted molar refractivity (Wildman–Crippen MR) is 92.6 cm³/mol. The summed E-state index contributed by atoms with van der Waals surface area (Å²) in [4.78, 5) is 23.8. The molecule has 1 fully saturated rings. The quantitative estimate of drug-likeness (QED) is 0.387. The Labute approximate surface area is 144 Å². The van der Waals surface area contributed by atoms with Crippen LogP contribution in [0.4, 0.5) is 0 Å². The summed E-state index contributed by atoms with van der Waals surface area (Å²) in [6, 6.07) is 9.94. The maximum absolute atomic E-state index is 12.7. The van der Waals surface area contributed by atoms with E-state index in [2.05, 4.69) is 6.92 Å². The third kappa shape index (κ3) is 4.37. The van der Waals surface area contributed by atoms with Gasteiger partial charge in [-0.3, -0.25) is 4.79 Å². The van der Waals surface area contributed by atoms with Crippen LogP contribution < -0.4 is 0 Å². The molecule has 0 bridgehead atoms. The maximum Gasteiger partial charge on any atom is 0.348 e. The van der Waals surface area contributed by atoms with Gasteiger partial charge in [-0.05, 0) is 24.8 Å². The molecule has 1 unspecified atom stereocenters. The van der Waals surface area contributed by atoms with Crippen LogP contribution in [0.15, 0.2) is 30.3 Å². The molecule has 24 heavy (non-hydrogen) atoms. The molecule has 0 N–H and O–H groups in total. The van der Waals surface area contributed by atoms with Crippen molar-refractivity contribution in [2.24, 2.45) is 0 Å². The van der Waals surface area contributed by atoms with Gasteiger partial charge in [-0.25, -0.2) is 4.79 Å². The van der Waals surface area contributed by atoms with Gasteiger partial charge < -0.3 is 9.47 Å². The summed E-state index contributed by atoms with van der Waals surface area (Å²) in [6.45, 7) is 2.88. The topological polar surface area (TPSA) is 52.6 Å². The first kappa shape index (κ1) is 18.5. The lowest BCUT2D eigenvalue weighted by Gasteiger charge is -2.41. The minimum Gasteiger partial charge on any atom is -0.463 e. The molecular formula is C20H28O4. The molecule has 1 aliphatic carbocycles. The van der Waals surface area contributed by atoms with Crippen LogP contribution in [0.25, 0.3) is 0 Å². The average molecular weight is 332 g/mol. The zero-order valence-corrected chi connectivity index (χ0v) is 14.5. The SMILES string of the molecule is CCCCCOC(=O)C(OC=O)C1(c2ccccc2)CCCCC1. The Morgan fingerprint density at radius 1 is 1.17 bits per heavy atom. The lowest BCUT2D eigenvalue weighted by molar-refractivity contribution is -0.168. The highest BCUT2D eigenvalue weighted by Crippen LogP contribution is 2.43. The van der Waals surface area contributed by atoms with Gasteiger partial charge in [-0.1, -0.05) is 69.4 Å². The zero-order valence-electron chi connectivity index (χ0n) is 14.5. The number of benzene rings is 1. The lowest BCUT2D eigenvalue weighted by Crippen LogP contribution is -2.48. The van der Waals surface area contributed by atoms with Crippen molar-refractivity contribution < 1.29 is 19.1 Å². The summed E-state index contributed by atoms with van der Waals surface area (Å²) in [5.41, 5.74) is 0.587. The lowest BCUT2D eigenvalue weighted by atomic mass is 9.66. The molecule has 0 amide bonds. The van der Waals surface area contributed by atoms with Crippen molar-refractivity contribution in [2.45, 2.75) is 69.8 Å². The Hall–Kier alpha value is -1.84. The number of ether oxygens (including phenoxy) is 2. The predicted octanol–water partition coefficient (Wildman–Crippen LogP) is 4.16. The second-order valence-electron chi connectivity index (χ2n) is 6.57. The smallest absolute Gasteiger partial charge is 0.348 e. The number of rotatable bonds is 9. The summed E-state index contributed by atoms with van der Waals surface area (Å²) in [7, 11) is 0. The number of hydrogen-bond donors (Lipinski definition) is 0. The van der Waals surface area contributed by atoms with Gasteiger partial charge in [0.1, 0.15) is 0 Å². The third-order valence-electron chi connectivity index (χ3n) is 4.99. The fraction of sp³-hybridized carbons (Fsp3) is 0.600. The summed E-state index contributed by atoms with van der Waals surface area (Å²) in [5.74, 6) is -0.413. The Bertz CT molecular complexity index is 506. The van der Waals surface area contributed by atoms with Gasteiger partial charge in [-0.2, -0.15) is 0 Å². The molecule has 4 heteroatoms. The van der Waals surface area contributed by atoms with E-state index < -0.39 is 17.5 Å². The van der Waals surface area contributed by atoms with Gasteiger partial charge >= 0.3 is 5.97 Å². The van der Waals surface area contributed by atoms with Gasteiger partial charge in [0.2, 0.25) is 6.10 Å². The first-order valence-electron chi connectivity index (χ1n) is 9.06. The van der Waals surface area contributed by atoms with E-state index in [9.17, 15) is 9.59 Å². The molecule has 4 nitrogen and oxygen atoms in total. The number of carbonyl (C=O) groups is 2. The minimum atomic E-state index is -0.862. The Balaban J connectivity index is 2.22. The van der Waals surface area contributed by atoms with E-state index in [0.717, 1.165) is 56.9 Å². The van der Waals surface area contributed by atoms with Crippen LogP contribution in [0.3, 0.4) is 0 Å². The molecule has 2 rings (SSSR count). The van der Waals surface area contributed by atoms with Gasteiger partial charge in [0.25, 0.3) is 6.47 Å². The Morgan fingerprint density at radius 3 is 2.50 bits per heavy atom. The second-order valence-corrected chi connectivity index (χ2v) is 6.57. The van der Waals surface area contributed by atoms with Gasteiger partial charge in [-0.15, -0.1) is 0 Å². The molecule has 0 radical (unpaired) electrons. The average Bonchev–Trinajstić information content (AvgIpc) is 2.64. The second kappa shape index (κ2) is 9.45. The molecule has 0 saturated heterocycles. The van der Waals surface area contributed by atoms with Crippen molar-refractivity contribution >= 4 is 12.4 Å². The van der Waals surface area contributed by atoms with Crippen molar-refractivity contribution in [3.8, 4) is 0 Å². The number of unbranched alkanes of at least 4 members (excludes halogenated alkanes) is 2. The van der Waals surface area contributed by atoms with Crippen LogP contribution in [0.2, 0.25) is 0 Å². The van der Waals surface area contributed by atoms with Crippen molar-refractivity contribution in [3.63, 3.8) is 0 Å². The van der Waals surface area contributed by atoms with E-state index in [0.29, 0.717) is 13.1 Å². The summed E-state index contributed by atoms with van der Waals surface area (Å²) in [5, 5.41) is 0. The molecule has 1 aliphatic rings. The van der Waals surface area contributed by atoms with E-state index in [1.54, 1.807) is 0 Å². The molecule has 0 heterocycles. The number of hydrogen-bond acceptors (Lipinski definition) is 4.